The summed E-state index contributed by atoms with van der Waals surface area (Å²) in [6.07, 6.45) is 1.49. The maximum atomic E-state index is 12.7. The van der Waals surface area contributed by atoms with Crippen LogP contribution in [0.25, 0.3) is 0 Å². The van der Waals surface area contributed by atoms with Crippen molar-refractivity contribution >= 4 is 29.5 Å². The van der Waals surface area contributed by atoms with E-state index in [1.165, 1.54) is 0 Å². The minimum Gasteiger partial charge on any atom is -0.456 e. The van der Waals surface area contributed by atoms with Gasteiger partial charge in [0.25, 0.3) is 0 Å². The lowest BCUT2D eigenvalue weighted by Gasteiger charge is -2.29. The number of anilines is 3. The van der Waals surface area contributed by atoms with E-state index in [4.69, 9.17) is 14.5 Å². The maximum absolute atomic E-state index is 12.7. The molecule has 9 heteroatoms. The summed E-state index contributed by atoms with van der Waals surface area (Å²) in [5.74, 6) is 0.956. The molecule has 1 N–H and O–H groups in total. The minimum absolute atomic E-state index is 0.0834. The molecule has 2 aliphatic rings. The summed E-state index contributed by atoms with van der Waals surface area (Å²) in [4.78, 5) is 38.2. The lowest BCUT2D eigenvalue weighted by molar-refractivity contribution is 0.00689. The molecule has 9 nitrogen and oxygen atoms in total. The number of ether oxygens (including phenoxy) is 2. The zero-order chi connectivity index (χ0) is 27.2. The van der Waals surface area contributed by atoms with Gasteiger partial charge in [0, 0.05) is 48.9 Å². The summed E-state index contributed by atoms with van der Waals surface area (Å²) in [7, 11) is 0. The average Bonchev–Trinajstić information content (AvgIpc) is 3.16. The average molecular weight is 510 g/mol. The highest BCUT2D eigenvalue weighted by Crippen LogP contribution is 2.52. The van der Waals surface area contributed by atoms with Crippen LogP contribution in [0.5, 0.6) is 0 Å². The Balaban J connectivity index is 1.42. The molecule has 2 fully saturated rings. The smallest absolute Gasteiger partial charge is 0.410 e. The molecule has 1 aromatic carbocycles. The third kappa shape index (κ3) is 5.97. The van der Waals surface area contributed by atoms with Crippen LogP contribution >= 0.6 is 0 Å². The molecule has 0 radical (unpaired) electrons. The van der Waals surface area contributed by atoms with Crippen molar-refractivity contribution in [2.75, 3.05) is 36.4 Å². The lowest BCUT2D eigenvalue weighted by atomic mass is 9.71. The van der Waals surface area contributed by atoms with Crippen LogP contribution in [0.4, 0.5) is 22.2 Å². The van der Waals surface area contributed by atoms with Gasteiger partial charge < -0.3 is 24.6 Å². The van der Waals surface area contributed by atoms with Gasteiger partial charge in [0.05, 0.1) is 5.56 Å². The molecule has 0 saturated carbocycles. The largest absolute Gasteiger partial charge is 0.456 e. The van der Waals surface area contributed by atoms with Crippen LogP contribution < -0.4 is 10.2 Å². The van der Waals surface area contributed by atoms with Crippen molar-refractivity contribution in [1.29, 1.82) is 0 Å². The van der Waals surface area contributed by atoms with Gasteiger partial charge in [0.2, 0.25) is 5.95 Å². The van der Waals surface area contributed by atoms with Gasteiger partial charge in [0.15, 0.2) is 0 Å². The van der Waals surface area contributed by atoms with E-state index in [-0.39, 0.29) is 22.9 Å². The monoisotopic (exact) mass is 509 g/mol. The second-order valence-electron chi connectivity index (χ2n) is 12.8. The van der Waals surface area contributed by atoms with E-state index in [0.29, 0.717) is 24.6 Å². The predicted molar refractivity (Wildman–Crippen MR) is 143 cm³/mol. The van der Waals surface area contributed by atoms with Crippen LogP contribution in [-0.2, 0) is 9.47 Å². The van der Waals surface area contributed by atoms with E-state index in [0.717, 1.165) is 24.6 Å². The fourth-order valence-corrected chi connectivity index (χ4v) is 5.02. The van der Waals surface area contributed by atoms with Crippen LogP contribution in [-0.4, -0.2) is 64.3 Å². The Bertz CT molecular complexity index is 1150. The molecule has 0 aliphatic carbocycles. The molecule has 4 rings (SSSR count). The van der Waals surface area contributed by atoms with Crippen molar-refractivity contribution in [3.8, 4) is 0 Å². The Kier molecular flexibility index (Phi) is 6.63. The van der Waals surface area contributed by atoms with Crippen molar-refractivity contribution in [1.82, 2.24) is 14.9 Å². The third-order valence-electron chi connectivity index (χ3n) is 7.01. The van der Waals surface area contributed by atoms with Crippen LogP contribution in [0, 0.1) is 10.8 Å². The number of benzene rings is 1. The van der Waals surface area contributed by atoms with Gasteiger partial charge in [-0.3, -0.25) is 0 Å². The number of aromatic nitrogens is 2. The van der Waals surface area contributed by atoms with E-state index in [1.54, 1.807) is 18.3 Å². The van der Waals surface area contributed by atoms with Gasteiger partial charge in [-0.1, -0.05) is 13.8 Å². The molecule has 0 unspecified atom stereocenters. The van der Waals surface area contributed by atoms with E-state index in [1.807, 2.05) is 64.6 Å². The second kappa shape index (κ2) is 9.19. The molecule has 2 aliphatic heterocycles. The number of carbonyl (C=O) groups is 2. The fraction of sp³-hybridized carbons (Fsp3) is 0.571. The SMILES string of the molecule is CC(C)(C)OC(=O)c1ccc(Nc2nccc(N3C[C@]4(C)CN(C(=O)OC(C)(C)C)C[C@]4(C)C3)n2)cc1. The quantitative estimate of drug-likeness (QED) is 0.558. The summed E-state index contributed by atoms with van der Waals surface area (Å²) in [5, 5.41) is 3.22. The molecule has 0 bridgehead atoms. The number of hydrogen-bond donors (Lipinski definition) is 1. The first-order valence-corrected chi connectivity index (χ1v) is 12.7. The van der Waals surface area contributed by atoms with Crippen LogP contribution in [0.3, 0.4) is 0 Å². The normalized spacial score (nSPS) is 23.6. The molecule has 0 spiro atoms. The number of esters is 1. The molecular weight excluding hydrogens is 470 g/mol. The highest BCUT2D eigenvalue weighted by Gasteiger charge is 2.59. The molecule has 37 heavy (non-hydrogen) atoms. The number of carbonyl (C=O) groups excluding carboxylic acids is 2. The number of likely N-dealkylation sites (tertiary alicyclic amines) is 1. The van der Waals surface area contributed by atoms with Crippen molar-refractivity contribution in [2.45, 2.75) is 66.6 Å². The van der Waals surface area contributed by atoms with Crippen molar-refractivity contribution < 1.29 is 19.1 Å². The van der Waals surface area contributed by atoms with Gasteiger partial charge in [-0.2, -0.15) is 4.98 Å². The molecule has 200 valence electrons. The van der Waals surface area contributed by atoms with Crippen molar-refractivity contribution in [3.63, 3.8) is 0 Å². The van der Waals surface area contributed by atoms with Gasteiger partial charge >= 0.3 is 12.1 Å². The summed E-state index contributed by atoms with van der Waals surface area (Å²) < 4.78 is 11.0. The zero-order valence-electron chi connectivity index (χ0n) is 23.2. The van der Waals surface area contributed by atoms with Gasteiger partial charge in [-0.15, -0.1) is 0 Å². The van der Waals surface area contributed by atoms with Gasteiger partial charge in [-0.25, -0.2) is 14.6 Å². The minimum atomic E-state index is -0.543. The summed E-state index contributed by atoms with van der Waals surface area (Å²) in [5.41, 5.74) is 0.0388. The maximum Gasteiger partial charge on any atom is 0.410 e. The standard InChI is InChI=1S/C28H39N5O4/c1-25(2,3)36-22(34)19-9-11-20(12-10-19)30-23-29-14-13-21(31-23)32-15-27(7)17-33(18-28(27,8)16-32)24(35)37-26(4,5)6/h9-14H,15-18H2,1-8H3,(H,29,30,31)/t27-,28+. The lowest BCUT2D eigenvalue weighted by Crippen LogP contribution is -2.39. The second-order valence-corrected chi connectivity index (χ2v) is 12.8. The first-order chi connectivity index (χ1) is 17.1. The van der Waals surface area contributed by atoms with E-state index >= 15 is 0 Å². The summed E-state index contributed by atoms with van der Waals surface area (Å²) in [6, 6.07) is 8.97. The molecule has 2 atom stereocenters. The van der Waals surface area contributed by atoms with Crippen LogP contribution in [0.1, 0.15) is 65.7 Å². The third-order valence-corrected chi connectivity index (χ3v) is 7.01. The summed E-state index contributed by atoms with van der Waals surface area (Å²) >= 11 is 0. The molecule has 1 aromatic heterocycles. The first kappa shape index (κ1) is 26.7. The van der Waals surface area contributed by atoms with Crippen molar-refractivity contribution in [2.24, 2.45) is 10.8 Å². The Labute approximate surface area is 219 Å². The van der Waals surface area contributed by atoms with E-state index < -0.39 is 11.2 Å². The number of nitrogens with one attached hydrogen (secondary N) is 1. The fourth-order valence-electron chi connectivity index (χ4n) is 5.02. The van der Waals surface area contributed by atoms with E-state index in [2.05, 4.69) is 29.0 Å². The number of nitrogens with zero attached hydrogens (tertiary/aromatic N) is 4. The predicted octanol–water partition coefficient (Wildman–Crippen LogP) is 5.26. The number of hydrogen-bond acceptors (Lipinski definition) is 8. The van der Waals surface area contributed by atoms with Crippen LogP contribution in [0.2, 0.25) is 0 Å². The molecule has 1 amide bonds. The topological polar surface area (TPSA) is 96.9 Å². The number of rotatable bonds is 4. The zero-order valence-corrected chi connectivity index (χ0v) is 23.2. The Morgan fingerprint density at radius 3 is 1.97 bits per heavy atom. The Hall–Kier alpha value is -3.36. The Morgan fingerprint density at radius 1 is 0.865 bits per heavy atom. The number of fused-ring (bicyclic) bond motifs is 1. The molecule has 2 aromatic rings. The van der Waals surface area contributed by atoms with Gasteiger partial charge in [-0.05, 0) is 71.9 Å². The van der Waals surface area contributed by atoms with Gasteiger partial charge in [0.1, 0.15) is 17.0 Å². The highest BCUT2D eigenvalue weighted by molar-refractivity contribution is 5.90. The highest BCUT2D eigenvalue weighted by atomic mass is 16.6. The summed E-state index contributed by atoms with van der Waals surface area (Å²) in [6.45, 7) is 18.5. The van der Waals surface area contributed by atoms with E-state index in [9.17, 15) is 9.59 Å². The van der Waals surface area contributed by atoms with Crippen LogP contribution in [0.15, 0.2) is 36.5 Å². The van der Waals surface area contributed by atoms with Crippen molar-refractivity contribution in [3.05, 3.63) is 42.1 Å². The molecule has 3 heterocycles. The molecule has 2 saturated heterocycles. The first-order valence-electron chi connectivity index (χ1n) is 12.7. The Morgan fingerprint density at radius 2 is 1.43 bits per heavy atom. The number of amides is 1. The molecular formula is C28H39N5O4.